The minimum absolute atomic E-state index is 0.341. The molecular weight excluding hydrogens is 278 g/mol. The number of benzene rings is 2. The normalized spacial score (nSPS) is 10.2. The molecule has 0 unspecified atom stereocenters. The molecule has 0 spiro atoms. The molecule has 0 fully saturated rings. The van der Waals surface area contributed by atoms with E-state index >= 15 is 0 Å². The smallest absolute Gasteiger partial charge is 0.337 e. The SMILES string of the molecule is COC(=O)c1ccc(Nc2cccc(-n3cccn3)c2)cc1. The van der Waals surface area contributed by atoms with Crippen molar-refractivity contribution < 1.29 is 9.53 Å². The third-order valence-electron chi connectivity index (χ3n) is 3.21. The number of esters is 1. The number of methoxy groups -OCH3 is 1. The Morgan fingerprint density at radius 2 is 1.91 bits per heavy atom. The van der Waals surface area contributed by atoms with Gasteiger partial charge in [-0.2, -0.15) is 5.10 Å². The van der Waals surface area contributed by atoms with Crippen LogP contribution in [0.3, 0.4) is 0 Å². The molecule has 0 amide bonds. The Hall–Kier alpha value is -3.08. The van der Waals surface area contributed by atoms with Crippen LogP contribution < -0.4 is 5.32 Å². The molecule has 0 aliphatic rings. The fourth-order valence-corrected chi connectivity index (χ4v) is 2.12. The number of nitrogens with one attached hydrogen (secondary N) is 1. The zero-order valence-corrected chi connectivity index (χ0v) is 12.1. The summed E-state index contributed by atoms with van der Waals surface area (Å²) < 4.78 is 6.48. The Bertz CT molecular complexity index is 765. The van der Waals surface area contributed by atoms with E-state index < -0.39 is 0 Å². The van der Waals surface area contributed by atoms with Crippen LogP contribution >= 0.6 is 0 Å². The lowest BCUT2D eigenvalue weighted by atomic mass is 10.2. The minimum Gasteiger partial charge on any atom is -0.465 e. The van der Waals surface area contributed by atoms with Crippen LogP contribution in [0.5, 0.6) is 0 Å². The Morgan fingerprint density at radius 1 is 1.09 bits per heavy atom. The van der Waals surface area contributed by atoms with E-state index in [1.807, 2.05) is 48.7 Å². The summed E-state index contributed by atoms with van der Waals surface area (Å²) in [7, 11) is 1.37. The van der Waals surface area contributed by atoms with E-state index in [2.05, 4.69) is 15.2 Å². The van der Waals surface area contributed by atoms with Crippen molar-refractivity contribution in [1.29, 1.82) is 0 Å². The number of ether oxygens (including phenoxy) is 1. The number of anilines is 2. The second kappa shape index (κ2) is 6.13. The first-order chi connectivity index (χ1) is 10.8. The van der Waals surface area contributed by atoms with Crippen LogP contribution in [0.25, 0.3) is 5.69 Å². The van der Waals surface area contributed by atoms with Gasteiger partial charge in [-0.05, 0) is 48.5 Å². The van der Waals surface area contributed by atoms with Gasteiger partial charge in [0.25, 0.3) is 0 Å². The second-order valence-electron chi connectivity index (χ2n) is 4.69. The molecule has 5 heteroatoms. The first-order valence-corrected chi connectivity index (χ1v) is 6.82. The summed E-state index contributed by atoms with van der Waals surface area (Å²) >= 11 is 0. The van der Waals surface area contributed by atoms with Gasteiger partial charge >= 0.3 is 5.97 Å². The fraction of sp³-hybridized carbons (Fsp3) is 0.0588. The van der Waals surface area contributed by atoms with Crippen molar-refractivity contribution in [3.05, 3.63) is 72.6 Å². The van der Waals surface area contributed by atoms with Gasteiger partial charge in [-0.15, -0.1) is 0 Å². The molecule has 110 valence electrons. The van der Waals surface area contributed by atoms with Gasteiger partial charge in [-0.1, -0.05) is 6.07 Å². The third kappa shape index (κ3) is 2.98. The Balaban J connectivity index is 1.78. The Kier molecular flexibility index (Phi) is 3.87. The van der Waals surface area contributed by atoms with Crippen molar-refractivity contribution in [3.8, 4) is 5.69 Å². The van der Waals surface area contributed by atoms with Gasteiger partial charge in [0, 0.05) is 23.8 Å². The molecule has 3 rings (SSSR count). The van der Waals surface area contributed by atoms with Crippen molar-refractivity contribution in [3.63, 3.8) is 0 Å². The number of hydrogen-bond donors (Lipinski definition) is 1. The lowest BCUT2D eigenvalue weighted by Crippen LogP contribution is -2.01. The molecule has 0 saturated heterocycles. The summed E-state index contributed by atoms with van der Waals surface area (Å²) in [6.07, 6.45) is 3.63. The monoisotopic (exact) mass is 293 g/mol. The van der Waals surface area contributed by atoms with E-state index in [0.717, 1.165) is 17.1 Å². The number of rotatable bonds is 4. The maximum absolute atomic E-state index is 11.4. The maximum Gasteiger partial charge on any atom is 0.337 e. The van der Waals surface area contributed by atoms with Crippen molar-refractivity contribution in [1.82, 2.24) is 9.78 Å². The summed E-state index contributed by atoms with van der Waals surface area (Å²) in [6.45, 7) is 0. The highest BCUT2D eigenvalue weighted by atomic mass is 16.5. The lowest BCUT2D eigenvalue weighted by molar-refractivity contribution is 0.0601. The molecule has 22 heavy (non-hydrogen) atoms. The molecule has 0 saturated carbocycles. The van der Waals surface area contributed by atoms with Crippen LogP contribution in [0.2, 0.25) is 0 Å². The predicted molar refractivity (Wildman–Crippen MR) is 84.6 cm³/mol. The first kappa shape index (κ1) is 13.9. The van der Waals surface area contributed by atoms with Crippen molar-refractivity contribution >= 4 is 17.3 Å². The molecule has 1 aromatic heterocycles. The van der Waals surface area contributed by atoms with Crippen LogP contribution in [0.15, 0.2) is 67.0 Å². The molecule has 3 aromatic rings. The van der Waals surface area contributed by atoms with Crippen molar-refractivity contribution in [2.75, 3.05) is 12.4 Å². The van der Waals surface area contributed by atoms with Gasteiger partial charge in [-0.3, -0.25) is 0 Å². The number of carbonyl (C=O) groups is 1. The standard InChI is InChI=1S/C17H15N3O2/c1-22-17(21)13-6-8-14(9-7-13)19-15-4-2-5-16(12-15)20-11-3-10-18-20/h2-12,19H,1H3. The summed E-state index contributed by atoms with van der Waals surface area (Å²) in [6, 6.07) is 16.9. The van der Waals surface area contributed by atoms with Gasteiger partial charge < -0.3 is 10.1 Å². The summed E-state index contributed by atoms with van der Waals surface area (Å²) in [5.41, 5.74) is 3.34. The van der Waals surface area contributed by atoms with Crippen LogP contribution in [0, 0.1) is 0 Å². The number of carbonyl (C=O) groups excluding carboxylic acids is 1. The lowest BCUT2D eigenvalue weighted by Gasteiger charge is -2.09. The van der Waals surface area contributed by atoms with Crippen LogP contribution in [-0.4, -0.2) is 22.9 Å². The quantitative estimate of drug-likeness (QED) is 0.749. The fourth-order valence-electron chi connectivity index (χ4n) is 2.12. The van der Waals surface area contributed by atoms with E-state index in [4.69, 9.17) is 0 Å². The molecule has 2 aromatic carbocycles. The molecule has 0 atom stereocenters. The third-order valence-corrected chi connectivity index (χ3v) is 3.21. The van der Waals surface area contributed by atoms with Crippen molar-refractivity contribution in [2.24, 2.45) is 0 Å². The van der Waals surface area contributed by atoms with E-state index in [-0.39, 0.29) is 5.97 Å². The highest BCUT2D eigenvalue weighted by Crippen LogP contribution is 2.20. The highest BCUT2D eigenvalue weighted by molar-refractivity contribution is 5.89. The summed E-state index contributed by atoms with van der Waals surface area (Å²) in [4.78, 5) is 11.4. The second-order valence-corrected chi connectivity index (χ2v) is 4.69. The van der Waals surface area contributed by atoms with E-state index in [0.29, 0.717) is 5.56 Å². The zero-order valence-electron chi connectivity index (χ0n) is 12.1. The minimum atomic E-state index is -0.341. The largest absolute Gasteiger partial charge is 0.465 e. The maximum atomic E-state index is 11.4. The topological polar surface area (TPSA) is 56.1 Å². The van der Waals surface area contributed by atoms with Crippen LogP contribution in [-0.2, 0) is 4.74 Å². The average Bonchev–Trinajstić information content (AvgIpc) is 3.10. The zero-order chi connectivity index (χ0) is 15.4. The first-order valence-electron chi connectivity index (χ1n) is 6.82. The van der Waals surface area contributed by atoms with Crippen molar-refractivity contribution in [2.45, 2.75) is 0 Å². The molecule has 5 nitrogen and oxygen atoms in total. The van der Waals surface area contributed by atoms with E-state index in [9.17, 15) is 4.79 Å². The summed E-state index contributed by atoms with van der Waals surface area (Å²) in [5.74, 6) is -0.341. The Labute approximate surface area is 128 Å². The molecule has 1 N–H and O–H groups in total. The van der Waals surface area contributed by atoms with E-state index in [1.54, 1.807) is 23.0 Å². The molecule has 0 aliphatic heterocycles. The predicted octanol–water partition coefficient (Wildman–Crippen LogP) is 3.40. The van der Waals surface area contributed by atoms with Gasteiger partial charge in [0.1, 0.15) is 0 Å². The molecular formula is C17H15N3O2. The van der Waals surface area contributed by atoms with Gasteiger partial charge in [0.2, 0.25) is 0 Å². The molecule has 0 aliphatic carbocycles. The van der Waals surface area contributed by atoms with Crippen LogP contribution in [0.1, 0.15) is 10.4 Å². The number of aromatic nitrogens is 2. The number of hydrogen-bond acceptors (Lipinski definition) is 4. The van der Waals surface area contributed by atoms with E-state index in [1.165, 1.54) is 7.11 Å². The molecule has 0 bridgehead atoms. The van der Waals surface area contributed by atoms with Gasteiger partial charge in [-0.25, -0.2) is 9.48 Å². The Morgan fingerprint density at radius 3 is 2.59 bits per heavy atom. The van der Waals surface area contributed by atoms with Gasteiger partial charge in [0.05, 0.1) is 18.4 Å². The van der Waals surface area contributed by atoms with Crippen LogP contribution in [0.4, 0.5) is 11.4 Å². The molecule has 1 heterocycles. The average molecular weight is 293 g/mol. The van der Waals surface area contributed by atoms with Gasteiger partial charge in [0.15, 0.2) is 0 Å². The highest BCUT2D eigenvalue weighted by Gasteiger charge is 2.04. The molecule has 0 radical (unpaired) electrons. The summed E-state index contributed by atoms with van der Waals surface area (Å²) in [5, 5.41) is 7.51. The number of nitrogens with zero attached hydrogens (tertiary/aromatic N) is 2.